The van der Waals surface area contributed by atoms with E-state index in [0.29, 0.717) is 22.0 Å². The van der Waals surface area contributed by atoms with Crippen molar-refractivity contribution in [2.75, 3.05) is 19.5 Å². The lowest BCUT2D eigenvalue weighted by Crippen LogP contribution is -2.31. The third-order valence-electron chi connectivity index (χ3n) is 3.44. The van der Waals surface area contributed by atoms with Crippen LogP contribution in [0, 0.1) is 5.82 Å². The summed E-state index contributed by atoms with van der Waals surface area (Å²) in [4.78, 5) is 12.1. The van der Waals surface area contributed by atoms with Crippen LogP contribution in [0.2, 0.25) is 5.02 Å². The first-order chi connectivity index (χ1) is 11.5. The van der Waals surface area contributed by atoms with E-state index in [1.807, 2.05) is 0 Å². The Balaban J connectivity index is 2.07. The minimum Gasteiger partial charge on any atom is -0.494 e. The first kappa shape index (κ1) is 17.9. The van der Waals surface area contributed by atoms with E-state index >= 15 is 0 Å². The molecule has 0 fully saturated rings. The van der Waals surface area contributed by atoms with E-state index in [1.54, 1.807) is 31.2 Å². The van der Waals surface area contributed by atoms with Crippen molar-refractivity contribution in [1.29, 1.82) is 0 Å². The van der Waals surface area contributed by atoms with Gasteiger partial charge in [0.1, 0.15) is 0 Å². The number of hydrogen-bond acceptors (Lipinski definition) is 3. The Bertz CT molecular complexity index is 740. The van der Waals surface area contributed by atoms with E-state index in [4.69, 9.17) is 21.1 Å². The van der Waals surface area contributed by atoms with Gasteiger partial charge in [0.25, 0.3) is 0 Å². The summed E-state index contributed by atoms with van der Waals surface area (Å²) in [7, 11) is 2.86. The average Bonchev–Trinajstić information content (AvgIpc) is 2.54. The summed E-state index contributed by atoms with van der Waals surface area (Å²) in [5, 5.41) is 5.78. The number of halogens is 2. The maximum Gasteiger partial charge on any atom is 0.319 e. The Kier molecular flexibility index (Phi) is 5.87. The van der Waals surface area contributed by atoms with Gasteiger partial charge >= 0.3 is 6.03 Å². The number of amides is 2. The molecule has 7 heteroatoms. The number of benzene rings is 2. The van der Waals surface area contributed by atoms with Crippen LogP contribution in [0.3, 0.4) is 0 Å². The Hall–Kier alpha value is -2.47. The minimum atomic E-state index is -0.486. The maximum absolute atomic E-state index is 13.8. The van der Waals surface area contributed by atoms with Crippen molar-refractivity contribution < 1.29 is 18.7 Å². The largest absolute Gasteiger partial charge is 0.494 e. The molecule has 0 spiro atoms. The molecule has 0 saturated heterocycles. The lowest BCUT2D eigenvalue weighted by molar-refractivity contribution is 0.249. The Labute approximate surface area is 144 Å². The van der Waals surface area contributed by atoms with Crippen molar-refractivity contribution in [1.82, 2.24) is 5.32 Å². The van der Waals surface area contributed by atoms with Crippen molar-refractivity contribution >= 4 is 23.3 Å². The first-order valence-electron chi connectivity index (χ1n) is 7.19. The van der Waals surface area contributed by atoms with Crippen LogP contribution in [0.15, 0.2) is 36.4 Å². The van der Waals surface area contributed by atoms with Crippen LogP contribution < -0.4 is 20.1 Å². The lowest BCUT2D eigenvalue weighted by atomic mass is 10.1. The Morgan fingerprint density at radius 2 is 1.96 bits per heavy atom. The van der Waals surface area contributed by atoms with Gasteiger partial charge in [0.15, 0.2) is 17.3 Å². The number of methoxy groups -OCH3 is 2. The summed E-state index contributed by atoms with van der Waals surface area (Å²) in [6, 6.07) is 8.68. The van der Waals surface area contributed by atoms with Crippen molar-refractivity contribution in [3.8, 4) is 11.5 Å². The second kappa shape index (κ2) is 7.88. The molecular weight excluding hydrogens is 335 g/mol. The van der Waals surface area contributed by atoms with Gasteiger partial charge in [0, 0.05) is 0 Å². The lowest BCUT2D eigenvalue weighted by Gasteiger charge is -2.17. The van der Waals surface area contributed by atoms with Gasteiger partial charge in [-0.05, 0) is 36.8 Å². The molecule has 0 aliphatic carbocycles. The summed E-state index contributed by atoms with van der Waals surface area (Å²) in [5.74, 6) is 0.0390. The number of carbonyl (C=O) groups excluding carboxylic acids is 1. The van der Waals surface area contributed by atoms with E-state index in [2.05, 4.69) is 10.6 Å². The second-order valence-corrected chi connectivity index (χ2v) is 5.44. The third kappa shape index (κ3) is 4.08. The second-order valence-electron chi connectivity index (χ2n) is 5.03. The van der Waals surface area contributed by atoms with Gasteiger partial charge < -0.3 is 20.1 Å². The molecule has 0 bridgehead atoms. The molecule has 128 valence electrons. The fraction of sp³-hybridized carbons (Fsp3) is 0.235. The molecule has 0 heterocycles. The molecule has 1 atom stereocenters. The first-order valence-corrected chi connectivity index (χ1v) is 7.57. The summed E-state index contributed by atoms with van der Waals surface area (Å²) >= 11 is 6.01. The number of para-hydroxylation sites is 1. The maximum atomic E-state index is 13.8. The summed E-state index contributed by atoms with van der Waals surface area (Å²) in [6.45, 7) is 1.75. The predicted octanol–water partition coefficient (Wildman–Crippen LogP) is 4.38. The van der Waals surface area contributed by atoms with Crippen LogP contribution in [0.25, 0.3) is 0 Å². The van der Waals surface area contributed by atoms with Crippen LogP contribution in [-0.4, -0.2) is 20.3 Å². The monoisotopic (exact) mass is 352 g/mol. The highest BCUT2D eigenvalue weighted by atomic mass is 35.5. The smallest absolute Gasteiger partial charge is 0.319 e. The van der Waals surface area contributed by atoms with E-state index in [0.717, 1.165) is 0 Å². The molecule has 1 unspecified atom stereocenters. The predicted molar refractivity (Wildman–Crippen MR) is 91.5 cm³/mol. The van der Waals surface area contributed by atoms with Gasteiger partial charge in [0.05, 0.1) is 31.0 Å². The van der Waals surface area contributed by atoms with Crippen molar-refractivity contribution in [2.45, 2.75) is 13.0 Å². The molecule has 2 aromatic rings. The van der Waals surface area contributed by atoms with Gasteiger partial charge in [-0.3, -0.25) is 0 Å². The summed E-state index contributed by atoms with van der Waals surface area (Å²) in [6.07, 6.45) is 0. The number of carbonyl (C=O) groups is 1. The van der Waals surface area contributed by atoms with E-state index in [9.17, 15) is 9.18 Å². The van der Waals surface area contributed by atoms with E-state index < -0.39 is 17.9 Å². The van der Waals surface area contributed by atoms with Crippen LogP contribution in [0.4, 0.5) is 14.9 Å². The molecular formula is C17H18ClFN2O3. The fourth-order valence-electron chi connectivity index (χ4n) is 2.21. The minimum absolute atomic E-state index is 0.152. The van der Waals surface area contributed by atoms with E-state index in [1.165, 1.54) is 26.4 Å². The molecule has 0 aliphatic rings. The molecule has 2 rings (SSSR count). The van der Waals surface area contributed by atoms with Gasteiger partial charge in [0.2, 0.25) is 0 Å². The average molecular weight is 353 g/mol. The Morgan fingerprint density at radius 1 is 1.21 bits per heavy atom. The number of ether oxygens (including phenoxy) is 2. The molecule has 0 aliphatic heterocycles. The number of urea groups is 1. The standard InChI is InChI=1S/C17H18ClFN2O3/c1-10(11-7-8-15(23-2)13(19)9-11)20-17(22)21-14-6-4-5-12(18)16(14)24-3/h4-10H,1-3H3,(H2,20,21,22). The highest BCUT2D eigenvalue weighted by molar-refractivity contribution is 6.32. The fourth-order valence-corrected chi connectivity index (χ4v) is 2.46. The van der Waals surface area contributed by atoms with E-state index in [-0.39, 0.29) is 5.75 Å². The zero-order chi connectivity index (χ0) is 17.7. The SMILES string of the molecule is COc1ccc(C(C)NC(=O)Nc2cccc(Cl)c2OC)cc1F. The molecule has 0 saturated carbocycles. The highest BCUT2D eigenvalue weighted by Crippen LogP contribution is 2.32. The highest BCUT2D eigenvalue weighted by Gasteiger charge is 2.14. The van der Waals surface area contributed by atoms with Crippen LogP contribution in [-0.2, 0) is 0 Å². The quantitative estimate of drug-likeness (QED) is 0.839. The van der Waals surface area contributed by atoms with Crippen molar-refractivity contribution in [3.05, 3.63) is 52.8 Å². The Morgan fingerprint density at radius 3 is 2.58 bits per heavy atom. The van der Waals surface area contributed by atoms with Gasteiger partial charge in [-0.2, -0.15) is 0 Å². The molecule has 2 aromatic carbocycles. The van der Waals surface area contributed by atoms with Gasteiger partial charge in [-0.15, -0.1) is 0 Å². The normalized spacial score (nSPS) is 11.5. The van der Waals surface area contributed by atoms with Crippen molar-refractivity contribution in [3.63, 3.8) is 0 Å². The summed E-state index contributed by atoms with van der Waals surface area (Å²) in [5.41, 5.74) is 1.05. The molecule has 0 radical (unpaired) electrons. The zero-order valence-corrected chi connectivity index (χ0v) is 14.3. The molecule has 2 amide bonds. The number of anilines is 1. The van der Waals surface area contributed by atoms with Gasteiger partial charge in [-0.25, -0.2) is 9.18 Å². The third-order valence-corrected chi connectivity index (χ3v) is 3.74. The molecule has 5 nitrogen and oxygen atoms in total. The summed E-state index contributed by atoms with van der Waals surface area (Å²) < 4.78 is 23.8. The molecule has 0 aromatic heterocycles. The molecule has 2 N–H and O–H groups in total. The topological polar surface area (TPSA) is 59.6 Å². The van der Waals surface area contributed by atoms with Crippen LogP contribution >= 0.6 is 11.6 Å². The van der Waals surface area contributed by atoms with Crippen LogP contribution in [0.1, 0.15) is 18.5 Å². The molecule has 24 heavy (non-hydrogen) atoms. The number of nitrogens with one attached hydrogen (secondary N) is 2. The van der Waals surface area contributed by atoms with Crippen molar-refractivity contribution in [2.24, 2.45) is 0 Å². The van der Waals surface area contributed by atoms with Gasteiger partial charge in [-0.1, -0.05) is 23.7 Å². The zero-order valence-electron chi connectivity index (χ0n) is 13.5. The number of rotatable bonds is 5. The van der Waals surface area contributed by atoms with Crippen LogP contribution in [0.5, 0.6) is 11.5 Å². The number of hydrogen-bond donors (Lipinski definition) is 2.